The molecule has 0 saturated carbocycles. The van der Waals surface area contributed by atoms with E-state index in [9.17, 15) is 4.79 Å². The van der Waals surface area contributed by atoms with Gasteiger partial charge in [0, 0.05) is 5.56 Å². The van der Waals surface area contributed by atoms with Crippen molar-refractivity contribution in [1.29, 1.82) is 5.26 Å². The van der Waals surface area contributed by atoms with Gasteiger partial charge in [-0.25, -0.2) is 0 Å². The van der Waals surface area contributed by atoms with Crippen molar-refractivity contribution in [1.82, 2.24) is 0 Å². The summed E-state index contributed by atoms with van der Waals surface area (Å²) in [5.74, 6) is -0.241. The van der Waals surface area contributed by atoms with Gasteiger partial charge in [0.05, 0.1) is 16.8 Å². The van der Waals surface area contributed by atoms with E-state index in [1.54, 1.807) is 48.5 Å². The Morgan fingerprint density at radius 1 is 1.11 bits per heavy atom. The molecular weight excluding hydrogens is 260 g/mol. The van der Waals surface area contributed by atoms with Gasteiger partial charge in [0.15, 0.2) is 0 Å². The molecule has 0 radical (unpaired) electrons. The molecule has 2 aromatic rings. The summed E-state index contributed by atoms with van der Waals surface area (Å²) in [6.07, 6.45) is 0. The number of benzene rings is 2. The third-order valence-corrected chi connectivity index (χ3v) is 2.96. The molecule has 2 aromatic carbocycles. The Labute approximate surface area is 116 Å². The summed E-state index contributed by atoms with van der Waals surface area (Å²) in [5.41, 5.74) is 1.07. The van der Waals surface area contributed by atoms with Crippen LogP contribution in [0.1, 0.15) is 10.4 Å². The van der Waals surface area contributed by atoms with Gasteiger partial charge < -0.3 is 0 Å². The van der Waals surface area contributed by atoms with Crippen LogP contribution in [0.5, 0.6) is 0 Å². The molecule has 94 valence electrons. The van der Waals surface area contributed by atoms with Crippen molar-refractivity contribution in [2.24, 2.45) is 0 Å². The molecule has 0 bridgehead atoms. The van der Waals surface area contributed by atoms with Gasteiger partial charge in [-0.15, -0.1) is 0 Å². The minimum Gasteiger partial charge on any atom is -0.293 e. The minimum absolute atomic E-state index is 0.0442. The first kappa shape index (κ1) is 13.1. The molecule has 4 heteroatoms. The second-order valence-electron chi connectivity index (χ2n) is 3.87. The average molecular weight is 271 g/mol. The highest BCUT2D eigenvalue weighted by Gasteiger charge is 2.19. The summed E-state index contributed by atoms with van der Waals surface area (Å²) < 4.78 is 0. The van der Waals surface area contributed by atoms with Crippen LogP contribution in [0.2, 0.25) is 5.02 Å². The molecule has 0 aliphatic carbocycles. The van der Waals surface area contributed by atoms with Gasteiger partial charge in [-0.3, -0.25) is 9.69 Å². The highest BCUT2D eigenvalue weighted by molar-refractivity contribution is 6.34. The fourth-order valence-electron chi connectivity index (χ4n) is 1.74. The number of anilines is 1. The quantitative estimate of drug-likeness (QED) is 0.801. The van der Waals surface area contributed by atoms with E-state index in [4.69, 9.17) is 16.9 Å². The van der Waals surface area contributed by atoms with Crippen LogP contribution in [0.3, 0.4) is 0 Å². The summed E-state index contributed by atoms with van der Waals surface area (Å²) in [6, 6.07) is 17.8. The predicted molar refractivity (Wildman–Crippen MR) is 75.2 cm³/mol. The third kappa shape index (κ3) is 2.93. The second kappa shape index (κ2) is 6.03. The number of halogens is 1. The highest BCUT2D eigenvalue weighted by Crippen LogP contribution is 2.26. The van der Waals surface area contributed by atoms with Gasteiger partial charge in [0.25, 0.3) is 5.91 Å². The predicted octanol–water partition coefficient (Wildman–Crippen LogP) is 3.51. The molecule has 0 unspecified atom stereocenters. The van der Waals surface area contributed by atoms with E-state index in [-0.39, 0.29) is 12.5 Å². The van der Waals surface area contributed by atoms with Crippen LogP contribution < -0.4 is 4.90 Å². The minimum atomic E-state index is -0.241. The lowest BCUT2D eigenvalue weighted by atomic mass is 10.2. The van der Waals surface area contributed by atoms with Crippen molar-refractivity contribution >= 4 is 23.2 Å². The molecule has 19 heavy (non-hydrogen) atoms. The fourth-order valence-corrected chi connectivity index (χ4v) is 1.98. The smallest absolute Gasteiger partial charge is 0.259 e. The van der Waals surface area contributed by atoms with Gasteiger partial charge >= 0.3 is 0 Å². The van der Waals surface area contributed by atoms with Crippen molar-refractivity contribution in [3.05, 3.63) is 65.2 Å². The molecule has 0 N–H and O–H groups in total. The van der Waals surface area contributed by atoms with E-state index < -0.39 is 0 Å². The standard InChI is InChI=1S/C15H11ClN2O/c16-13-8-4-5-9-14(13)18(11-10-17)15(19)12-6-2-1-3-7-12/h1-9H,11H2. The zero-order chi connectivity index (χ0) is 13.7. The lowest BCUT2D eigenvalue weighted by Gasteiger charge is -2.20. The summed E-state index contributed by atoms with van der Waals surface area (Å²) in [7, 11) is 0. The third-order valence-electron chi connectivity index (χ3n) is 2.64. The van der Waals surface area contributed by atoms with Crippen LogP contribution in [0, 0.1) is 11.3 Å². The Hall–Kier alpha value is -2.31. The maximum Gasteiger partial charge on any atom is 0.259 e. The Bertz CT molecular complexity index is 620. The molecule has 0 spiro atoms. The Balaban J connectivity index is 2.40. The molecule has 0 aromatic heterocycles. The molecule has 0 atom stereocenters. The van der Waals surface area contributed by atoms with Gasteiger partial charge in [-0.05, 0) is 24.3 Å². The maximum atomic E-state index is 12.4. The van der Waals surface area contributed by atoms with Crippen LogP contribution >= 0.6 is 11.6 Å². The van der Waals surface area contributed by atoms with E-state index in [1.165, 1.54) is 4.90 Å². The molecule has 0 aliphatic rings. The zero-order valence-electron chi connectivity index (χ0n) is 10.1. The zero-order valence-corrected chi connectivity index (χ0v) is 10.8. The van der Waals surface area contributed by atoms with Crippen molar-refractivity contribution in [2.75, 3.05) is 11.4 Å². The first-order chi connectivity index (χ1) is 9.24. The largest absolute Gasteiger partial charge is 0.293 e. The number of carbonyl (C=O) groups excluding carboxylic acids is 1. The summed E-state index contributed by atoms with van der Waals surface area (Å²) in [6.45, 7) is -0.0442. The second-order valence-corrected chi connectivity index (χ2v) is 4.27. The van der Waals surface area contributed by atoms with Gasteiger partial charge in [-0.1, -0.05) is 41.9 Å². The van der Waals surface area contributed by atoms with Crippen LogP contribution in [0.15, 0.2) is 54.6 Å². The number of para-hydroxylation sites is 1. The van der Waals surface area contributed by atoms with Crippen LogP contribution in [0.25, 0.3) is 0 Å². The Morgan fingerprint density at radius 3 is 2.37 bits per heavy atom. The Kier molecular flexibility index (Phi) is 4.17. The highest BCUT2D eigenvalue weighted by atomic mass is 35.5. The monoisotopic (exact) mass is 270 g/mol. The molecule has 0 fully saturated rings. The van der Waals surface area contributed by atoms with E-state index >= 15 is 0 Å². The molecule has 1 amide bonds. The van der Waals surface area contributed by atoms with Crippen molar-refractivity contribution < 1.29 is 4.79 Å². The summed E-state index contributed by atoms with van der Waals surface area (Å²) in [4.78, 5) is 13.8. The Morgan fingerprint density at radius 2 is 1.74 bits per heavy atom. The lowest BCUT2D eigenvalue weighted by molar-refractivity contribution is 0.0990. The topological polar surface area (TPSA) is 44.1 Å². The fraction of sp³-hybridized carbons (Fsp3) is 0.0667. The van der Waals surface area contributed by atoms with Gasteiger partial charge in [0.2, 0.25) is 0 Å². The van der Waals surface area contributed by atoms with Crippen LogP contribution in [-0.2, 0) is 0 Å². The van der Waals surface area contributed by atoms with E-state index in [2.05, 4.69) is 0 Å². The number of carbonyl (C=O) groups is 1. The van der Waals surface area contributed by atoms with E-state index in [1.807, 2.05) is 12.1 Å². The van der Waals surface area contributed by atoms with Crippen molar-refractivity contribution in [3.8, 4) is 6.07 Å². The van der Waals surface area contributed by atoms with Gasteiger partial charge in [-0.2, -0.15) is 5.26 Å². The number of hydrogen-bond acceptors (Lipinski definition) is 2. The molecule has 0 aliphatic heterocycles. The number of amides is 1. The molecular formula is C15H11ClN2O. The SMILES string of the molecule is N#CCN(C(=O)c1ccccc1)c1ccccc1Cl. The molecule has 0 heterocycles. The normalized spacial score (nSPS) is 9.68. The number of nitriles is 1. The van der Waals surface area contributed by atoms with Gasteiger partial charge in [0.1, 0.15) is 6.54 Å². The van der Waals surface area contributed by atoms with Crippen molar-refractivity contribution in [2.45, 2.75) is 0 Å². The first-order valence-electron chi connectivity index (χ1n) is 5.72. The number of rotatable bonds is 3. The summed E-state index contributed by atoms with van der Waals surface area (Å²) in [5, 5.41) is 9.34. The molecule has 0 saturated heterocycles. The number of hydrogen-bond donors (Lipinski definition) is 0. The first-order valence-corrected chi connectivity index (χ1v) is 6.10. The van der Waals surface area contributed by atoms with Crippen LogP contribution in [-0.4, -0.2) is 12.5 Å². The molecule has 3 nitrogen and oxygen atoms in total. The summed E-state index contributed by atoms with van der Waals surface area (Å²) >= 11 is 6.08. The number of nitrogens with zero attached hydrogens (tertiary/aromatic N) is 2. The molecule has 2 rings (SSSR count). The lowest BCUT2D eigenvalue weighted by Crippen LogP contribution is -2.31. The van der Waals surface area contributed by atoms with E-state index in [0.29, 0.717) is 16.3 Å². The van der Waals surface area contributed by atoms with Crippen LogP contribution in [0.4, 0.5) is 5.69 Å². The average Bonchev–Trinajstić information content (AvgIpc) is 2.46. The van der Waals surface area contributed by atoms with Crippen molar-refractivity contribution in [3.63, 3.8) is 0 Å². The van der Waals surface area contributed by atoms with E-state index in [0.717, 1.165) is 0 Å². The maximum absolute atomic E-state index is 12.4.